The minimum absolute atomic E-state index is 0.187. The molecule has 4 heteroatoms. The molecule has 2 rings (SSSR count). The first kappa shape index (κ1) is 12.8. The third-order valence-electron chi connectivity index (χ3n) is 3.75. The monoisotopic (exact) mass is 240 g/mol. The lowest BCUT2D eigenvalue weighted by Crippen LogP contribution is -2.27. The molecule has 4 nitrogen and oxygen atoms in total. The highest BCUT2D eigenvalue weighted by Crippen LogP contribution is 2.16. The van der Waals surface area contributed by atoms with E-state index in [2.05, 4.69) is 10.6 Å². The molecule has 0 saturated carbocycles. The summed E-state index contributed by atoms with van der Waals surface area (Å²) in [5.41, 5.74) is 0. The number of hydrogen-bond acceptors (Lipinski definition) is 3. The average molecular weight is 240 g/mol. The average Bonchev–Trinajstić information content (AvgIpc) is 2.99. The first-order chi connectivity index (χ1) is 8.34. The van der Waals surface area contributed by atoms with Crippen LogP contribution in [0.5, 0.6) is 0 Å². The van der Waals surface area contributed by atoms with Crippen molar-refractivity contribution in [2.24, 2.45) is 5.92 Å². The van der Waals surface area contributed by atoms with Crippen LogP contribution in [0.15, 0.2) is 0 Å². The second kappa shape index (κ2) is 6.97. The largest absolute Gasteiger partial charge is 0.378 e. The van der Waals surface area contributed by atoms with Crippen LogP contribution in [0, 0.1) is 5.92 Å². The molecule has 0 aromatic heterocycles. The van der Waals surface area contributed by atoms with Crippen LogP contribution < -0.4 is 10.6 Å². The van der Waals surface area contributed by atoms with Crippen molar-refractivity contribution in [1.29, 1.82) is 0 Å². The highest BCUT2D eigenvalue weighted by atomic mass is 16.5. The molecule has 2 unspecified atom stereocenters. The summed E-state index contributed by atoms with van der Waals surface area (Å²) in [5.74, 6) is 0.944. The summed E-state index contributed by atoms with van der Waals surface area (Å²) in [4.78, 5) is 11.6. The molecule has 2 N–H and O–H groups in total. The van der Waals surface area contributed by atoms with Crippen LogP contribution in [0.25, 0.3) is 0 Å². The zero-order valence-corrected chi connectivity index (χ0v) is 10.5. The molecule has 98 valence electrons. The lowest BCUT2D eigenvalue weighted by molar-refractivity contribution is -0.121. The van der Waals surface area contributed by atoms with Gasteiger partial charge < -0.3 is 15.4 Å². The number of nitrogens with one attached hydrogen (secondary N) is 2. The van der Waals surface area contributed by atoms with Gasteiger partial charge >= 0.3 is 0 Å². The van der Waals surface area contributed by atoms with Crippen LogP contribution in [-0.2, 0) is 9.53 Å². The van der Waals surface area contributed by atoms with Crippen molar-refractivity contribution in [1.82, 2.24) is 10.6 Å². The van der Waals surface area contributed by atoms with Crippen molar-refractivity contribution in [3.05, 3.63) is 0 Å². The van der Waals surface area contributed by atoms with Gasteiger partial charge in [-0.25, -0.2) is 0 Å². The molecule has 0 aromatic rings. The van der Waals surface area contributed by atoms with E-state index in [1.807, 2.05) is 0 Å². The van der Waals surface area contributed by atoms with E-state index in [1.54, 1.807) is 0 Å². The maximum atomic E-state index is 11.6. The Hall–Kier alpha value is -0.610. The molecule has 0 aliphatic carbocycles. The van der Waals surface area contributed by atoms with Gasteiger partial charge in [-0.15, -0.1) is 0 Å². The molecular weight excluding hydrogens is 216 g/mol. The molecule has 0 radical (unpaired) electrons. The second-order valence-electron chi connectivity index (χ2n) is 5.17. The number of rotatable bonds is 6. The van der Waals surface area contributed by atoms with Gasteiger partial charge in [-0.2, -0.15) is 0 Å². The Morgan fingerprint density at radius 1 is 1.35 bits per heavy atom. The van der Waals surface area contributed by atoms with E-state index in [1.165, 1.54) is 6.42 Å². The highest BCUT2D eigenvalue weighted by molar-refractivity contribution is 5.75. The van der Waals surface area contributed by atoms with Crippen LogP contribution in [0.1, 0.15) is 38.5 Å². The van der Waals surface area contributed by atoms with Gasteiger partial charge in [-0.1, -0.05) is 0 Å². The predicted octanol–water partition coefficient (Wildman–Crippen LogP) is 1.06. The molecule has 17 heavy (non-hydrogen) atoms. The van der Waals surface area contributed by atoms with Crippen LogP contribution in [-0.4, -0.2) is 38.3 Å². The molecule has 2 aliphatic rings. The van der Waals surface area contributed by atoms with Gasteiger partial charge in [0, 0.05) is 19.6 Å². The van der Waals surface area contributed by atoms with Gasteiger partial charge in [0.15, 0.2) is 0 Å². The third-order valence-corrected chi connectivity index (χ3v) is 3.75. The van der Waals surface area contributed by atoms with E-state index in [9.17, 15) is 4.79 Å². The smallest absolute Gasteiger partial charge is 0.220 e. The Morgan fingerprint density at radius 2 is 2.29 bits per heavy atom. The summed E-state index contributed by atoms with van der Waals surface area (Å²) >= 11 is 0. The predicted molar refractivity (Wildman–Crippen MR) is 66.8 cm³/mol. The zero-order chi connectivity index (χ0) is 11.9. The summed E-state index contributed by atoms with van der Waals surface area (Å²) < 4.78 is 5.50. The highest BCUT2D eigenvalue weighted by Gasteiger charge is 2.17. The first-order valence-electron chi connectivity index (χ1n) is 6.93. The Bertz CT molecular complexity index is 234. The molecule has 0 spiro atoms. The van der Waals surface area contributed by atoms with Crippen molar-refractivity contribution in [2.75, 3.05) is 26.2 Å². The topological polar surface area (TPSA) is 50.4 Å². The minimum atomic E-state index is 0.187. The summed E-state index contributed by atoms with van der Waals surface area (Å²) in [5, 5.41) is 6.35. The van der Waals surface area contributed by atoms with Crippen LogP contribution >= 0.6 is 0 Å². The molecule has 1 amide bonds. The van der Waals surface area contributed by atoms with Crippen molar-refractivity contribution in [2.45, 2.75) is 44.6 Å². The van der Waals surface area contributed by atoms with Gasteiger partial charge in [0.25, 0.3) is 0 Å². The van der Waals surface area contributed by atoms with Gasteiger partial charge in [0.05, 0.1) is 6.10 Å². The summed E-state index contributed by atoms with van der Waals surface area (Å²) in [7, 11) is 0. The maximum absolute atomic E-state index is 11.6. The number of hydrogen-bond donors (Lipinski definition) is 2. The summed E-state index contributed by atoms with van der Waals surface area (Å²) in [6.07, 6.45) is 6.48. The number of carbonyl (C=O) groups is 1. The van der Waals surface area contributed by atoms with Crippen molar-refractivity contribution >= 4 is 5.91 Å². The van der Waals surface area contributed by atoms with Crippen LogP contribution in [0.4, 0.5) is 0 Å². The molecule has 2 aliphatic heterocycles. The second-order valence-corrected chi connectivity index (χ2v) is 5.17. The lowest BCUT2D eigenvalue weighted by atomic mass is 10.1. The first-order valence-corrected chi connectivity index (χ1v) is 6.93. The van der Waals surface area contributed by atoms with Gasteiger partial charge in [-0.05, 0) is 51.1 Å². The van der Waals surface area contributed by atoms with Gasteiger partial charge in [-0.3, -0.25) is 4.79 Å². The minimum Gasteiger partial charge on any atom is -0.378 e. The lowest BCUT2D eigenvalue weighted by Gasteiger charge is -2.11. The Kier molecular flexibility index (Phi) is 5.26. The molecular formula is C13H24N2O2. The van der Waals surface area contributed by atoms with Crippen molar-refractivity contribution in [3.63, 3.8) is 0 Å². The van der Waals surface area contributed by atoms with Crippen molar-refractivity contribution < 1.29 is 9.53 Å². The Morgan fingerprint density at radius 3 is 3.00 bits per heavy atom. The quantitative estimate of drug-likeness (QED) is 0.730. The van der Waals surface area contributed by atoms with E-state index < -0.39 is 0 Å². The fourth-order valence-corrected chi connectivity index (χ4v) is 2.63. The van der Waals surface area contributed by atoms with E-state index in [4.69, 9.17) is 4.74 Å². The fraction of sp³-hybridized carbons (Fsp3) is 0.923. The molecule has 2 saturated heterocycles. The summed E-state index contributed by atoms with van der Waals surface area (Å²) in [6, 6.07) is 0. The normalized spacial score (nSPS) is 28.5. The summed E-state index contributed by atoms with van der Waals surface area (Å²) in [6.45, 7) is 3.96. The van der Waals surface area contributed by atoms with E-state index >= 15 is 0 Å². The standard InChI is InChI=1S/C13H24N2O2/c16-13(4-3-12-2-1-9-17-12)15-8-6-11-5-7-14-10-11/h11-12,14H,1-10H2,(H,15,16). The third kappa shape index (κ3) is 4.64. The maximum Gasteiger partial charge on any atom is 0.220 e. The van der Waals surface area contributed by atoms with Crippen molar-refractivity contribution in [3.8, 4) is 0 Å². The van der Waals surface area contributed by atoms with Crippen LogP contribution in [0.3, 0.4) is 0 Å². The van der Waals surface area contributed by atoms with Gasteiger partial charge in [0.2, 0.25) is 5.91 Å². The molecule has 2 fully saturated rings. The van der Waals surface area contributed by atoms with E-state index in [0.717, 1.165) is 57.8 Å². The number of carbonyl (C=O) groups excluding carboxylic acids is 1. The van der Waals surface area contributed by atoms with E-state index in [0.29, 0.717) is 12.5 Å². The fourth-order valence-electron chi connectivity index (χ4n) is 2.63. The van der Waals surface area contributed by atoms with Gasteiger partial charge in [0.1, 0.15) is 0 Å². The molecule has 2 heterocycles. The Labute approximate surface area is 103 Å². The Balaban J connectivity index is 1.48. The SMILES string of the molecule is O=C(CCC1CCCO1)NCCC1CCNC1. The number of ether oxygens (including phenoxy) is 1. The molecule has 2 atom stereocenters. The number of amides is 1. The van der Waals surface area contributed by atoms with E-state index in [-0.39, 0.29) is 5.91 Å². The van der Waals surface area contributed by atoms with Crippen LogP contribution in [0.2, 0.25) is 0 Å². The molecule has 0 bridgehead atoms. The zero-order valence-electron chi connectivity index (χ0n) is 10.5. The molecule has 0 aromatic carbocycles.